The van der Waals surface area contributed by atoms with Crippen LogP contribution in [-0.2, 0) is 4.74 Å². The molecule has 1 saturated heterocycles. The quantitative estimate of drug-likeness (QED) is 0.673. The van der Waals surface area contributed by atoms with Gasteiger partial charge in [-0.3, -0.25) is 14.9 Å². The SMILES string of the molecule is CC1CN(C(=O)c2cc([N+](=O)[O-])ccc2Cl)CC(CO)O1. The Kier molecular flexibility index (Phi) is 4.76. The van der Waals surface area contributed by atoms with Gasteiger partial charge in [0.15, 0.2) is 0 Å². The van der Waals surface area contributed by atoms with E-state index in [1.807, 2.05) is 0 Å². The van der Waals surface area contributed by atoms with Crippen molar-refractivity contribution >= 4 is 23.2 Å². The molecule has 114 valence electrons. The van der Waals surface area contributed by atoms with E-state index < -0.39 is 16.9 Å². The predicted octanol–water partition coefficient (Wildman–Crippen LogP) is 1.47. The third kappa shape index (κ3) is 3.49. The fourth-order valence-corrected chi connectivity index (χ4v) is 2.47. The number of amides is 1. The van der Waals surface area contributed by atoms with E-state index >= 15 is 0 Å². The van der Waals surface area contributed by atoms with Crippen LogP contribution in [0.3, 0.4) is 0 Å². The molecular weight excluding hydrogens is 300 g/mol. The maximum absolute atomic E-state index is 12.5. The Bertz CT molecular complexity index is 565. The van der Waals surface area contributed by atoms with Gasteiger partial charge in [0.25, 0.3) is 11.6 Å². The van der Waals surface area contributed by atoms with Crippen molar-refractivity contribution in [3.63, 3.8) is 0 Å². The minimum atomic E-state index is -0.578. The maximum Gasteiger partial charge on any atom is 0.270 e. The average molecular weight is 315 g/mol. The summed E-state index contributed by atoms with van der Waals surface area (Å²) in [5.74, 6) is -0.405. The number of carbonyl (C=O) groups excluding carboxylic acids is 1. The van der Waals surface area contributed by atoms with Crippen molar-refractivity contribution in [3.8, 4) is 0 Å². The van der Waals surface area contributed by atoms with Crippen LogP contribution in [0.1, 0.15) is 17.3 Å². The number of carbonyl (C=O) groups is 1. The van der Waals surface area contributed by atoms with Crippen LogP contribution in [0.4, 0.5) is 5.69 Å². The van der Waals surface area contributed by atoms with Crippen LogP contribution in [0, 0.1) is 10.1 Å². The smallest absolute Gasteiger partial charge is 0.270 e. The van der Waals surface area contributed by atoms with E-state index in [1.165, 1.54) is 23.1 Å². The molecule has 1 aliphatic rings. The third-order valence-corrected chi connectivity index (χ3v) is 3.54. The van der Waals surface area contributed by atoms with E-state index in [2.05, 4.69) is 0 Å². The van der Waals surface area contributed by atoms with E-state index in [-0.39, 0.29) is 35.5 Å². The lowest BCUT2D eigenvalue weighted by Gasteiger charge is -2.36. The number of aliphatic hydroxyl groups excluding tert-OH is 1. The number of nitro groups is 1. The summed E-state index contributed by atoms with van der Waals surface area (Å²) in [6, 6.07) is 3.75. The van der Waals surface area contributed by atoms with Crippen LogP contribution < -0.4 is 0 Å². The van der Waals surface area contributed by atoms with E-state index in [0.29, 0.717) is 6.54 Å². The molecule has 1 heterocycles. The van der Waals surface area contributed by atoms with E-state index in [4.69, 9.17) is 16.3 Å². The van der Waals surface area contributed by atoms with Gasteiger partial charge in [-0.2, -0.15) is 0 Å². The molecule has 2 unspecified atom stereocenters. The van der Waals surface area contributed by atoms with Crippen molar-refractivity contribution < 1.29 is 19.6 Å². The largest absolute Gasteiger partial charge is 0.394 e. The van der Waals surface area contributed by atoms with Gasteiger partial charge in [-0.1, -0.05) is 11.6 Å². The lowest BCUT2D eigenvalue weighted by Crippen LogP contribution is -2.50. The summed E-state index contributed by atoms with van der Waals surface area (Å²) in [7, 11) is 0. The van der Waals surface area contributed by atoms with Crippen LogP contribution in [0.5, 0.6) is 0 Å². The van der Waals surface area contributed by atoms with Gasteiger partial charge in [-0.15, -0.1) is 0 Å². The van der Waals surface area contributed by atoms with Crippen LogP contribution in [0.15, 0.2) is 18.2 Å². The maximum atomic E-state index is 12.5. The van der Waals surface area contributed by atoms with E-state index in [1.54, 1.807) is 6.92 Å². The minimum absolute atomic E-state index is 0.0802. The molecule has 0 spiro atoms. The molecule has 8 heteroatoms. The van der Waals surface area contributed by atoms with Gasteiger partial charge in [-0.05, 0) is 13.0 Å². The highest BCUT2D eigenvalue weighted by atomic mass is 35.5. The number of nitro benzene ring substituents is 1. The number of nitrogens with zero attached hydrogens (tertiary/aromatic N) is 2. The number of ether oxygens (including phenoxy) is 1. The van der Waals surface area contributed by atoms with Crippen molar-refractivity contribution in [3.05, 3.63) is 38.9 Å². The molecule has 21 heavy (non-hydrogen) atoms. The molecule has 1 N–H and O–H groups in total. The summed E-state index contributed by atoms with van der Waals surface area (Å²) in [6.07, 6.45) is -0.688. The summed E-state index contributed by atoms with van der Waals surface area (Å²) < 4.78 is 5.46. The number of benzene rings is 1. The van der Waals surface area contributed by atoms with Gasteiger partial charge < -0.3 is 14.7 Å². The Hall–Kier alpha value is -1.70. The fourth-order valence-electron chi connectivity index (χ4n) is 2.27. The van der Waals surface area contributed by atoms with Gasteiger partial charge in [-0.25, -0.2) is 0 Å². The Labute approximate surface area is 126 Å². The molecule has 0 bridgehead atoms. The first-order valence-corrected chi connectivity index (χ1v) is 6.79. The second-order valence-electron chi connectivity index (χ2n) is 4.88. The number of non-ortho nitro benzene ring substituents is 1. The van der Waals surface area contributed by atoms with Crippen molar-refractivity contribution in [2.75, 3.05) is 19.7 Å². The van der Waals surface area contributed by atoms with Crippen LogP contribution in [0.25, 0.3) is 0 Å². The first-order chi connectivity index (χ1) is 9.92. The van der Waals surface area contributed by atoms with Crippen molar-refractivity contribution in [1.82, 2.24) is 4.90 Å². The number of halogens is 1. The summed E-state index contributed by atoms with van der Waals surface area (Å²) in [6.45, 7) is 2.15. The first kappa shape index (κ1) is 15.7. The van der Waals surface area contributed by atoms with Crippen molar-refractivity contribution in [2.24, 2.45) is 0 Å². The highest BCUT2D eigenvalue weighted by Gasteiger charge is 2.30. The zero-order valence-electron chi connectivity index (χ0n) is 11.4. The molecule has 2 atom stereocenters. The normalized spacial score (nSPS) is 22.1. The van der Waals surface area contributed by atoms with Crippen LogP contribution in [-0.4, -0.2) is 52.7 Å². The second kappa shape index (κ2) is 6.38. The number of morpholine rings is 1. The Balaban J connectivity index is 2.26. The molecule has 1 aliphatic heterocycles. The third-order valence-electron chi connectivity index (χ3n) is 3.21. The molecule has 0 radical (unpaired) electrons. The van der Waals surface area contributed by atoms with Gasteiger partial charge in [0.1, 0.15) is 0 Å². The zero-order chi connectivity index (χ0) is 15.6. The van der Waals surface area contributed by atoms with E-state index in [0.717, 1.165) is 0 Å². The Morgan fingerprint density at radius 3 is 2.90 bits per heavy atom. The molecule has 1 amide bonds. The molecule has 0 aliphatic carbocycles. The molecule has 0 aromatic heterocycles. The lowest BCUT2D eigenvalue weighted by atomic mass is 10.1. The van der Waals surface area contributed by atoms with Crippen LogP contribution in [0.2, 0.25) is 5.02 Å². The molecule has 0 saturated carbocycles. The molecule has 1 aromatic rings. The summed E-state index contributed by atoms with van der Waals surface area (Å²) >= 11 is 5.97. The molecular formula is C13H15ClN2O5. The standard InChI is InChI=1S/C13H15ClN2O5/c1-8-5-15(6-10(7-17)21-8)13(18)11-4-9(16(19)20)2-3-12(11)14/h2-4,8,10,17H,5-7H2,1H3. The number of rotatable bonds is 3. The van der Waals surface area contributed by atoms with E-state index in [9.17, 15) is 20.0 Å². The van der Waals surface area contributed by atoms with Gasteiger partial charge in [0, 0.05) is 25.2 Å². The molecule has 1 fully saturated rings. The predicted molar refractivity (Wildman–Crippen MR) is 75.4 cm³/mol. The van der Waals surface area contributed by atoms with Crippen LogP contribution >= 0.6 is 11.6 Å². The average Bonchev–Trinajstić information content (AvgIpc) is 2.46. The minimum Gasteiger partial charge on any atom is -0.394 e. The highest BCUT2D eigenvalue weighted by molar-refractivity contribution is 6.33. The highest BCUT2D eigenvalue weighted by Crippen LogP contribution is 2.24. The van der Waals surface area contributed by atoms with Gasteiger partial charge in [0.05, 0.1) is 34.3 Å². The molecule has 7 nitrogen and oxygen atoms in total. The van der Waals surface area contributed by atoms with Crippen molar-refractivity contribution in [2.45, 2.75) is 19.1 Å². The fraction of sp³-hybridized carbons (Fsp3) is 0.462. The molecule has 2 rings (SSSR count). The topological polar surface area (TPSA) is 92.9 Å². The monoisotopic (exact) mass is 314 g/mol. The second-order valence-corrected chi connectivity index (χ2v) is 5.29. The van der Waals surface area contributed by atoms with Gasteiger partial charge in [0.2, 0.25) is 0 Å². The summed E-state index contributed by atoms with van der Waals surface area (Å²) in [4.78, 5) is 24.2. The Morgan fingerprint density at radius 1 is 1.57 bits per heavy atom. The first-order valence-electron chi connectivity index (χ1n) is 6.42. The lowest BCUT2D eigenvalue weighted by molar-refractivity contribution is -0.384. The van der Waals surface area contributed by atoms with Gasteiger partial charge >= 0.3 is 0 Å². The number of hydrogen-bond donors (Lipinski definition) is 1. The zero-order valence-corrected chi connectivity index (χ0v) is 12.1. The summed E-state index contributed by atoms with van der Waals surface area (Å²) in [5, 5.41) is 20.1. The molecule has 1 aromatic carbocycles. The number of hydrogen-bond acceptors (Lipinski definition) is 5. The number of aliphatic hydroxyl groups is 1. The summed E-state index contributed by atoms with van der Waals surface area (Å²) in [5.41, 5.74) is -0.112. The van der Waals surface area contributed by atoms with Crippen molar-refractivity contribution in [1.29, 1.82) is 0 Å². The Morgan fingerprint density at radius 2 is 2.29 bits per heavy atom.